The van der Waals surface area contributed by atoms with Gasteiger partial charge in [-0.25, -0.2) is 0 Å². The van der Waals surface area contributed by atoms with E-state index in [2.05, 4.69) is 26.1 Å². The summed E-state index contributed by atoms with van der Waals surface area (Å²) in [4.78, 5) is 12.1. The molecule has 21 heavy (non-hydrogen) atoms. The summed E-state index contributed by atoms with van der Waals surface area (Å²) in [6.07, 6.45) is 3.56. The third-order valence-electron chi connectivity index (χ3n) is 6.20. The van der Waals surface area contributed by atoms with Gasteiger partial charge in [0.2, 0.25) is 0 Å². The van der Waals surface area contributed by atoms with E-state index >= 15 is 0 Å². The Morgan fingerprint density at radius 1 is 1.29 bits per heavy atom. The molecule has 3 heteroatoms. The van der Waals surface area contributed by atoms with E-state index in [0.717, 1.165) is 12.1 Å². The quantitative estimate of drug-likeness (QED) is 0.855. The summed E-state index contributed by atoms with van der Waals surface area (Å²) in [5.41, 5.74) is 1.37. The van der Waals surface area contributed by atoms with E-state index in [1.165, 1.54) is 12.8 Å². The van der Waals surface area contributed by atoms with E-state index in [1.54, 1.807) is 0 Å². The average Bonchev–Trinajstić information content (AvgIpc) is 2.79. The molecule has 0 spiro atoms. The topological polar surface area (TPSA) is 38.3 Å². The predicted molar refractivity (Wildman–Crippen MR) is 84.0 cm³/mol. The maximum Gasteiger partial charge on any atom is 0.325 e. The zero-order chi connectivity index (χ0) is 15.1. The number of rotatable bonds is 4. The van der Waals surface area contributed by atoms with E-state index in [-0.39, 0.29) is 29.4 Å². The van der Waals surface area contributed by atoms with Crippen molar-refractivity contribution >= 4 is 11.7 Å². The molecule has 1 aromatic carbocycles. The number of carbonyl (C=O) groups is 1. The molecule has 3 atom stereocenters. The van der Waals surface area contributed by atoms with Crippen molar-refractivity contribution in [1.29, 1.82) is 0 Å². The fourth-order valence-corrected chi connectivity index (χ4v) is 4.24. The lowest BCUT2D eigenvalue weighted by molar-refractivity contribution is -0.154. The summed E-state index contributed by atoms with van der Waals surface area (Å²) in [5, 5.41) is 3.12. The van der Waals surface area contributed by atoms with Crippen molar-refractivity contribution in [2.75, 3.05) is 11.9 Å². The zero-order valence-corrected chi connectivity index (χ0v) is 13.2. The summed E-state index contributed by atoms with van der Waals surface area (Å²) in [6, 6.07) is 9.77. The molecular weight excluding hydrogens is 262 g/mol. The molecule has 2 aliphatic rings. The molecule has 0 aliphatic heterocycles. The van der Waals surface area contributed by atoms with Crippen molar-refractivity contribution in [3.05, 3.63) is 30.3 Å². The zero-order valence-electron chi connectivity index (χ0n) is 13.2. The second kappa shape index (κ2) is 5.04. The number of fused-ring (bicyclic) bond motifs is 2. The van der Waals surface area contributed by atoms with Gasteiger partial charge in [0.15, 0.2) is 0 Å². The molecule has 2 fully saturated rings. The molecule has 0 heterocycles. The van der Waals surface area contributed by atoms with E-state index in [0.29, 0.717) is 5.92 Å². The van der Waals surface area contributed by atoms with Crippen molar-refractivity contribution in [1.82, 2.24) is 0 Å². The Hall–Kier alpha value is -1.51. The maximum absolute atomic E-state index is 12.1. The number of esters is 1. The Kier molecular flexibility index (Phi) is 3.46. The number of carbonyl (C=O) groups excluding carboxylic acids is 1. The van der Waals surface area contributed by atoms with Crippen molar-refractivity contribution in [2.45, 2.75) is 46.1 Å². The van der Waals surface area contributed by atoms with Crippen molar-refractivity contribution in [3.63, 3.8) is 0 Å². The number of benzene rings is 1. The highest BCUT2D eigenvalue weighted by Gasteiger charge is 2.62. The van der Waals surface area contributed by atoms with E-state index in [4.69, 9.17) is 4.74 Å². The first kappa shape index (κ1) is 14.4. The van der Waals surface area contributed by atoms with Gasteiger partial charge in [0.1, 0.15) is 12.6 Å². The highest BCUT2D eigenvalue weighted by atomic mass is 16.5. The number of ether oxygens (including phenoxy) is 1. The van der Waals surface area contributed by atoms with Crippen LogP contribution in [0, 0.1) is 16.7 Å². The Labute approximate surface area is 127 Å². The first-order valence-electron chi connectivity index (χ1n) is 7.92. The summed E-state index contributed by atoms with van der Waals surface area (Å²) in [7, 11) is 0. The van der Waals surface area contributed by atoms with E-state index < -0.39 is 0 Å². The largest absolute Gasteiger partial charge is 0.460 e. The third kappa shape index (κ3) is 2.33. The third-order valence-corrected chi connectivity index (χ3v) is 6.20. The van der Waals surface area contributed by atoms with Gasteiger partial charge in [0, 0.05) is 11.1 Å². The molecule has 2 saturated carbocycles. The van der Waals surface area contributed by atoms with Crippen LogP contribution in [-0.2, 0) is 9.53 Å². The molecule has 1 aromatic rings. The van der Waals surface area contributed by atoms with Gasteiger partial charge in [-0.15, -0.1) is 0 Å². The summed E-state index contributed by atoms with van der Waals surface area (Å²) >= 11 is 0. The molecule has 2 bridgehead atoms. The normalized spacial score (nSPS) is 32.9. The van der Waals surface area contributed by atoms with E-state index in [1.807, 2.05) is 30.3 Å². The van der Waals surface area contributed by atoms with Gasteiger partial charge in [-0.1, -0.05) is 39.0 Å². The van der Waals surface area contributed by atoms with Gasteiger partial charge < -0.3 is 10.1 Å². The smallest absolute Gasteiger partial charge is 0.325 e. The highest BCUT2D eigenvalue weighted by Crippen LogP contribution is 2.66. The van der Waals surface area contributed by atoms with Crippen LogP contribution in [0.5, 0.6) is 0 Å². The Balaban J connectivity index is 1.57. The molecule has 114 valence electrons. The Morgan fingerprint density at radius 2 is 2.00 bits per heavy atom. The molecule has 0 radical (unpaired) electrons. The molecule has 0 saturated heterocycles. The fourth-order valence-electron chi connectivity index (χ4n) is 4.24. The van der Waals surface area contributed by atoms with Crippen molar-refractivity contribution in [3.8, 4) is 0 Å². The second-order valence-corrected chi connectivity index (χ2v) is 7.31. The number of hydrogen-bond acceptors (Lipinski definition) is 3. The van der Waals surface area contributed by atoms with Crippen LogP contribution < -0.4 is 5.32 Å². The molecule has 3 rings (SSSR count). The lowest BCUT2D eigenvalue weighted by atomic mass is 9.70. The van der Waals surface area contributed by atoms with Gasteiger partial charge in [0.25, 0.3) is 0 Å². The Bertz CT molecular complexity index is 525. The van der Waals surface area contributed by atoms with Gasteiger partial charge in [-0.3, -0.25) is 4.79 Å². The first-order chi connectivity index (χ1) is 9.93. The number of hydrogen-bond donors (Lipinski definition) is 1. The maximum atomic E-state index is 12.1. The molecule has 3 nitrogen and oxygen atoms in total. The monoisotopic (exact) mass is 287 g/mol. The van der Waals surface area contributed by atoms with Crippen LogP contribution in [0.1, 0.15) is 40.0 Å². The summed E-state index contributed by atoms with van der Waals surface area (Å²) < 4.78 is 5.80. The van der Waals surface area contributed by atoms with Crippen molar-refractivity contribution < 1.29 is 9.53 Å². The molecule has 0 amide bonds. The number of anilines is 1. The average molecular weight is 287 g/mol. The summed E-state index contributed by atoms with van der Waals surface area (Å²) in [5.74, 6) is 0.552. The Morgan fingerprint density at radius 3 is 2.57 bits per heavy atom. The van der Waals surface area contributed by atoms with Crippen LogP contribution in [0.3, 0.4) is 0 Å². The summed E-state index contributed by atoms with van der Waals surface area (Å²) in [6.45, 7) is 7.20. The lowest BCUT2D eigenvalue weighted by Gasteiger charge is -2.38. The molecule has 0 aromatic heterocycles. The van der Waals surface area contributed by atoms with Gasteiger partial charge >= 0.3 is 5.97 Å². The molecule has 1 N–H and O–H groups in total. The van der Waals surface area contributed by atoms with Gasteiger partial charge in [-0.05, 0) is 42.7 Å². The van der Waals surface area contributed by atoms with Gasteiger partial charge in [0.05, 0.1) is 0 Å². The lowest BCUT2D eigenvalue weighted by Crippen LogP contribution is -2.39. The molecule has 2 aliphatic carbocycles. The van der Waals surface area contributed by atoms with Crippen LogP contribution in [0.2, 0.25) is 0 Å². The second-order valence-electron chi connectivity index (χ2n) is 7.31. The minimum atomic E-state index is -0.145. The van der Waals surface area contributed by atoms with Crippen LogP contribution >= 0.6 is 0 Å². The van der Waals surface area contributed by atoms with Crippen LogP contribution in [0.25, 0.3) is 0 Å². The number of nitrogens with one attached hydrogen (secondary N) is 1. The molecular formula is C18H25NO2. The minimum Gasteiger partial charge on any atom is -0.460 e. The highest BCUT2D eigenvalue weighted by molar-refractivity contribution is 5.75. The SMILES string of the molecule is CC1(C)[C@@H]2CC[C@@]1(C)[C@H](OC(=O)CNc1ccccc1)C2. The first-order valence-corrected chi connectivity index (χ1v) is 7.92. The fraction of sp³-hybridized carbons (Fsp3) is 0.611. The van der Waals surface area contributed by atoms with Gasteiger partial charge in [-0.2, -0.15) is 0 Å². The molecule has 0 unspecified atom stereocenters. The predicted octanol–water partition coefficient (Wildman–Crippen LogP) is 3.86. The van der Waals surface area contributed by atoms with Crippen LogP contribution in [0.15, 0.2) is 30.3 Å². The van der Waals surface area contributed by atoms with E-state index in [9.17, 15) is 4.79 Å². The van der Waals surface area contributed by atoms with Crippen LogP contribution in [-0.4, -0.2) is 18.6 Å². The minimum absolute atomic E-state index is 0.0799. The number of para-hydroxylation sites is 1. The van der Waals surface area contributed by atoms with Crippen molar-refractivity contribution in [2.24, 2.45) is 16.7 Å². The van der Waals surface area contributed by atoms with Crippen LogP contribution in [0.4, 0.5) is 5.69 Å². The standard InChI is InChI=1S/C18H25NO2/c1-17(2)13-9-10-18(17,3)15(11-13)21-16(20)12-19-14-7-5-4-6-8-14/h4-8,13,15,19H,9-12H2,1-3H3/t13-,15-,18+/m1/s1.